The molecule has 0 saturated carbocycles. The maximum atomic E-state index is 12.9. The lowest BCUT2D eigenvalue weighted by molar-refractivity contribution is -0.384. The number of pyridine rings is 1. The monoisotopic (exact) mass is 407 g/mol. The number of benzene rings is 3. The molecule has 0 bridgehead atoms. The van der Waals surface area contributed by atoms with Crippen LogP contribution in [0, 0.1) is 10.1 Å². The highest BCUT2D eigenvalue weighted by Gasteiger charge is 2.16. The number of nitro groups is 1. The van der Waals surface area contributed by atoms with Crippen LogP contribution in [0.15, 0.2) is 71.5 Å². The summed E-state index contributed by atoms with van der Waals surface area (Å²) in [6.07, 6.45) is 0. The van der Waals surface area contributed by atoms with Crippen molar-refractivity contribution in [1.82, 2.24) is 4.57 Å². The van der Waals surface area contributed by atoms with E-state index >= 15 is 0 Å². The van der Waals surface area contributed by atoms with Gasteiger partial charge in [0.15, 0.2) is 5.43 Å². The van der Waals surface area contributed by atoms with Gasteiger partial charge in [-0.2, -0.15) is 0 Å². The molecule has 4 aromatic rings. The van der Waals surface area contributed by atoms with E-state index in [2.05, 4.69) is 5.32 Å². The summed E-state index contributed by atoms with van der Waals surface area (Å²) < 4.78 is 1.68. The Labute approximate surface area is 169 Å². The van der Waals surface area contributed by atoms with Crippen LogP contribution >= 0.6 is 11.6 Å². The van der Waals surface area contributed by atoms with Gasteiger partial charge in [-0.25, -0.2) is 0 Å². The fourth-order valence-corrected chi connectivity index (χ4v) is 3.40. The standard InChI is InChI=1S/C21H14ClN3O4/c22-13-5-7-14(8-6-13)23-20(26)12-24-18-4-2-1-3-16(18)21(27)17-11-15(25(28)29)9-10-19(17)24/h1-11H,12H2,(H,23,26). The van der Waals surface area contributed by atoms with Crippen LogP contribution in [-0.4, -0.2) is 15.4 Å². The molecule has 1 aromatic heterocycles. The number of nitro benzene ring substituents is 1. The van der Waals surface area contributed by atoms with E-state index in [1.807, 2.05) is 0 Å². The van der Waals surface area contributed by atoms with Crippen molar-refractivity contribution in [3.05, 3.63) is 92.1 Å². The number of anilines is 1. The third kappa shape index (κ3) is 3.55. The summed E-state index contributed by atoms with van der Waals surface area (Å²) in [6, 6.07) is 17.6. The summed E-state index contributed by atoms with van der Waals surface area (Å²) in [5.41, 5.74) is 1.12. The topological polar surface area (TPSA) is 94.2 Å². The van der Waals surface area contributed by atoms with Gasteiger partial charge >= 0.3 is 0 Å². The van der Waals surface area contributed by atoms with Crippen molar-refractivity contribution in [2.45, 2.75) is 6.54 Å². The molecule has 1 N–H and O–H groups in total. The Kier molecular flexibility index (Phi) is 4.74. The summed E-state index contributed by atoms with van der Waals surface area (Å²) in [7, 11) is 0. The van der Waals surface area contributed by atoms with Crippen molar-refractivity contribution >= 4 is 50.7 Å². The molecule has 29 heavy (non-hydrogen) atoms. The Hall–Kier alpha value is -3.71. The van der Waals surface area contributed by atoms with Gasteiger partial charge in [0.2, 0.25) is 5.91 Å². The second-order valence-electron chi connectivity index (χ2n) is 6.45. The van der Waals surface area contributed by atoms with Crippen molar-refractivity contribution in [3.63, 3.8) is 0 Å². The quantitative estimate of drug-likeness (QED) is 0.309. The highest BCUT2D eigenvalue weighted by atomic mass is 35.5. The number of aromatic nitrogens is 1. The largest absolute Gasteiger partial charge is 0.331 e. The number of para-hydroxylation sites is 1. The van der Waals surface area contributed by atoms with Crippen molar-refractivity contribution in [1.29, 1.82) is 0 Å². The molecule has 0 unspecified atom stereocenters. The highest BCUT2D eigenvalue weighted by Crippen LogP contribution is 2.23. The second kappa shape index (κ2) is 7.37. The molecule has 3 aromatic carbocycles. The first-order chi connectivity index (χ1) is 13.9. The average Bonchev–Trinajstić information content (AvgIpc) is 2.72. The molecule has 144 valence electrons. The van der Waals surface area contributed by atoms with E-state index in [0.717, 1.165) is 0 Å². The molecular weight excluding hydrogens is 394 g/mol. The maximum absolute atomic E-state index is 12.9. The van der Waals surface area contributed by atoms with Gasteiger partial charge < -0.3 is 9.88 Å². The SMILES string of the molecule is O=C(Cn1c2ccccc2c(=O)c2cc([N+](=O)[O-])ccc21)Nc1ccc(Cl)cc1. The molecule has 0 aliphatic rings. The molecule has 0 saturated heterocycles. The summed E-state index contributed by atoms with van der Waals surface area (Å²) >= 11 is 5.86. The Morgan fingerprint density at radius 3 is 2.41 bits per heavy atom. The molecule has 8 heteroatoms. The van der Waals surface area contributed by atoms with E-state index in [4.69, 9.17) is 11.6 Å². The normalized spacial score (nSPS) is 10.9. The smallest absolute Gasteiger partial charge is 0.270 e. The molecule has 7 nitrogen and oxygen atoms in total. The van der Waals surface area contributed by atoms with E-state index in [9.17, 15) is 19.7 Å². The highest BCUT2D eigenvalue weighted by molar-refractivity contribution is 6.30. The van der Waals surface area contributed by atoms with E-state index in [1.165, 1.54) is 18.2 Å². The van der Waals surface area contributed by atoms with E-state index < -0.39 is 4.92 Å². The minimum absolute atomic E-state index is 0.0717. The Balaban J connectivity index is 1.84. The molecule has 4 rings (SSSR count). The summed E-state index contributed by atoms with van der Waals surface area (Å²) in [6.45, 7) is -0.0717. The Bertz CT molecular complexity index is 1330. The van der Waals surface area contributed by atoms with Gasteiger partial charge in [-0.3, -0.25) is 19.7 Å². The number of carbonyl (C=O) groups excluding carboxylic acids is 1. The number of fused-ring (bicyclic) bond motifs is 2. The van der Waals surface area contributed by atoms with Crippen molar-refractivity contribution in [2.75, 3.05) is 5.32 Å². The number of rotatable bonds is 4. The molecule has 1 amide bonds. The second-order valence-corrected chi connectivity index (χ2v) is 6.88. The number of nitrogens with zero attached hydrogens (tertiary/aromatic N) is 2. The lowest BCUT2D eigenvalue weighted by Crippen LogP contribution is -2.21. The lowest BCUT2D eigenvalue weighted by Gasteiger charge is -2.15. The number of hydrogen-bond donors (Lipinski definition) is 1. The number of carbonyl (C=O) groups is 1. The minimum atomic E-state index is -0.550. The van der Waals surface area contributed by atoms with Crippen molar-refractivity contribution in [3.8, 4) is 0 Å². The minimum Gasteiger partial charge on any atom is -0.331 e. The first kappa shape index (κ1) is 18.6. The van der Waals surface area contributed by atoms with Crippen LogP contribution in [-0.2, 0) is 11.3 Å². The fourth-order valence-electron chi connectivity index (χ4n) is 3.28. The van der Waals surface area contributed by atoms with Crippen LogP contribution in [0.4, 0.5) is 11.4 Å². The van der Waals surface area contributed by atoms with Crippen LogP contribution in [0.1, 0.15) is 0 Å². The number of amides is 1. The molecule has 0 fully saturated rings. The third-order valence-electron chi connectivity index (χ3n) is 4.60. The first-order valence-corrected chi connectivity index (χ1v) is 9.07. The van der Waals surface area contributed by atoms with E-state index in [-0.39, 0.29) is 29.0 Å². The zero-order chi connectivity index (χ0) is 20.5. The lowest BCUT2D eigenvalue weighted by atomic mass is 10.1. The number of nitrogens with one attached hydrogen (secondary N) is 1. The number of halogens is 1. The van der Waals surface area contributed by atoms with Crippen LogP contribution in [0.2, 0.25) is 5.02 Å². The Morgan fingerprint density at radius 1 is 1.00 bits per heavy atom. The summed E-state index contributed by atoms with van der Waals surface area (Å²) in [5, 5.41) is 15.1. The van der Waals surface area contributed by atoms with Gasteiger partial charge in [0.05, 0.1) is 21.3 Å². The van der Waals surface area contributed by atoms with Crippen LogP contribution in [0.25, 0.3) is 21.8 Å². The number of hydrogen-bond acceptors (Lipinski definition) is 4. The van der Waals surface area contributed by atoms with Gasteiger partial charge in [0.1, 0.15) is 6.54 Å². The predicted octanol–water partition coefficient (Wildman–Crippen LogP) is 4.36. The van der Waals surface area contributed by atoms with E-state index in [0.29, 0.717) is 27.1 Å². The average molecular weight is 408 g/mol. The zero-order valence-electron chi connectivity index (χ0n) is 15.0. The molecular formula is C21H14ClN3O4. The fraction of sp³-hybridized carbons (Fsp3) is 0.0476. The zero-order valence-corrected chi connectivity index (χ0v) is 15.7. The molecule has 0 spiro atoms. The van der Waals surface area contributed by atoms with Gasteiger partial charge in [-0.15, -0.1) is 0 Å². The van der Waals surface area contributed by atoms with Crippen molar-refractivity contribution < 1.29 is 9.72 Å². The Morgan fingerprint density at radius 2 is 1.69 bits per heavy atom. The third-order valence-corrected chi connectivity index (χ3v) is 4.85. The van der Waals surface area contributed by atoms with Gasteiger partial charge in [-0.1, -0.05) is 23.7 Å². The molecule has 1 heterocycles. The summed E-state index contributed by atoms with van der Waals surface area (Å²) in [5.74, 6) is -0.305. The van der Waals surface area contributed by atoms with Crippen LogP contribution in [0.5, 0.6) is 0 Å². The number of non-ortho nitro benzene ring substituents is 1. The molecule has 0 aliphatic heterocycles. The molecule has 0 aliphatic carbocycles. The van der Waals surface area contributed by atoms with E-state index in [1.54, 1.807) is 53.1 Å². The molecule has 0 atom stereocenters. The summed E-state index contributed by atoms with van der Waals surface area (Å²) in [4.78, 5) is 36.1. The van der Waals surface area contributed by atoms with Gasteiger partial charge in [0.25, 0.3) is 5.69 Å². The van der Waals surface area contributed by atoms with Gasteiger partial charge in [-0.05, 0) is 42.5 Å². The predicted molar refractivity (Wildman–Crippen MR) is 112 cm³/mol. The first-order valence-electron chi connectivity index (χ1n) is 8.69. The molecule has 0 radical (unpaired) electrons. The maximum Gasteiger partial charge on any atom is 0.270 e. The van der Waals surface area contributed by atoms with Gasteiger partial charge in [0, 0.05) is 28.2 Å². The van der Waals surface area contributed by atoms with Crippen molar-refractivity contribution in [2.24, 2.45) is 0 Å². The van der Waals surface area contributed by atoms with Crippen LogP contribution < -0.4 is 10.7 Å². The van der Waals surface area contributed by atoms with Crippen LogP contribution in [0.3, 0.4) is 0 Å².